The van der Waals surface area contributed by atoms with Gasteiger partial charge in [0.2, 0.25) is 10.0 Å². The number of carbonyl (C=O) groups is 1. The Hall–Kier alpha value is -2.72. The summed E-state index contributed by atoms with van der Waals surface area (Å²) in [6, 6.07) is 15.3. The number of nitrogens with zero attached hydrogens (tertiary/aromatic N) is 5. The highest BCUT2D eigenvalue weighted by Crippen LogP contribution is 2.29. The van der Waals surface area contributed by atoms with E-state index in [-0.39, 0.29) is 10.8 Å². The van der Waals surface area contributed by atoms with Crippen LogP contribution in [-0.4, -0.2) is 73.0 Å². The summed E-state index contributed by atoms with van der Waals surface area (Å²) in [5.74, 6) is 0.619. The normalized spacial score (nSPS) is 17.1. The van der Waals surface area contributed by atoms with Crippen LogP contribution in [0.25, 0.3) is 11.3 Å². The van der Waals surface area contributed by atoms with Gasteiger partial charge in [-0.1, -0.05) is 29.6 Å². The van der Waals surface area contributed by atoms with Gasteiger partial charge in [0.1, 0.15) is 0 Å². The Morgan fingerprint density at radius 2 is 1.49 bits per heavy atom. The Kier molecular flexibility index (Phi) is 7.67. The highest BCUT2D eigenvalue weighted by Gasteiger charge is 2.27. The molecule has 1 aromatic heterocycles. The minimum absolute atomic E-state index is 0.111. The number of halogens is 2. The lowest BCUT2D eigenvalue weighted by molar-refractivity contribution is 0.0746. The number of amides is 1. The van der Waals surface area contributed by atoms with Crippen LogP contribution in [0.1, 0.15) is 29.6 Å². The maximum absolute atomic E-state index is 13.1. The van der Waals surface area contributed by atoms with E-state index in [0.717, 1.165) is 30.6 Å². The summed E-state index contributed by atoms with van der Waals surface area (Å²) in [4.78, 5) is 17.2. The average Bonchev–Trinajstić information content (AvgIpc) is 2.93. The van der Waals surface area contributed by atoms with Crippen LogP contribution in [0.3, 0.4) is 0 Å². The number of hydrogen-bond donors (Lipinski definition) is 0. The minimum Gasteiger partial charge on any atom is -0.352 e. The number of piperidine rings is 1. The first kappa shape index (κ1) is 25.9. The van der Waals surface area contributed by atoms with Crippen LogP contribution in [0.4, 0.5) is 5.82 Å². The van der Waals surface area contributed by atoms with E-state index in [1.165, 1.54) is 16.4 Å². The summed E-state index contributed by atoms with van der Waals surface area (Å²) in [5.41, 5.74) is 1.90. The molecule has 0 N–H and O–H groups in total. The van der Waals surface area contributed by atoms with Crippen molar-refractivity contribution in [3.8, 4) is 11.3 Å². The molecule has 8 nitrogen and oxygen atoms in total. The highest BCUT2D eigenvalue weighted by molar-refractivity contribution is 7.89. The van der Waals surface area contributed by atoms with E-state index in [1.54, 1.807) is 29.2 Å². The van der Waals surface area contributed by atoms with Gasteiger partial charge in [-0.15, -0.1) is 10.2 Å². The number of carbonyl (C=O) groups excluding carboxylic acids is 1. The molecule has 2 fully saturated rings. The predicted molar refractivity (Wildman–Crippen MR) is 145 cm³/mol. The number of benzene rings is 2. The fourth-order valence-electron chi connectivity index (χ4n) is 4.68. The zero-order valence-corrected chi connectivity index (χ0v) is 22.5. The van der Waals surface area contributed by atoms with Crippen LogP contribution in [0.2, 0.25) is 10.0 Å². The second kappa shape index (κ2) is 10.9. The van der Waals surface area contributed by atoms with E-state index in [9.17, 15) is 13.2 Å². The van der Waals surface area contributed by atoms with Gasteiger partial charge in [0.05, 0.1) is 15.6 Å². The Bertz CT molecular complexity index is 1370. The predicted octanol–water partition coefficient (Wildman–Crippen LogP) is 4.59. The number of anilines is 1. The van der Waals surface area contributed by atoms with E-state index in [4.69, 9.17) is 23.2 Å². The van der Waals surface area contributed by atoms with Crippen LogP contribution < -0.4 is 4.90 Å². The van der Waals surface area contributed by atoms with Gasteiger partial charge >= 0.3 is 0 Å². The van der Waals surface area contributed by atoms with Crippen LogP contribution >= 0.6 is 23.2 Å². The molecule has 0 atom stereocenters. The standard InChI is InChI=1S/C26H27Cl2N5O3S/c27-20-6-9-22(23(28)18-20)24-10-11-25(30-29-24)31-14-16-32(17-15-31)26(34)19-4-7-21(8-5-19)37(35,36)33-12-2-1-3-13-33/h4-11,18H,1-3,12-17H2. The SMILES string of the molecule is O=C(c1ccc(S(=O)(=O)N2CCCCC2)cc1)N1CCN(c2ccc(-c3ccc(Cl)cc3Cl)nn2)CC1. The highest BCUT2D eigenvalue weighted by atomic mass is 35.5. The Balaban J connectivity index is 1.19. The summed E-state index contributed by atoms with van der Waals surface area (Å²) in [7, 11) is -3.52. The van der Waals surface area contributed by atoms with Crippen molar-refractivity contribution in [3.63, 3.8) is 0 Å². The lowest BCUT2D eigenvalue weighted by Gasteiger charge is -2.35. The zero-order chi connectivity index (χ0) is 26.0. The molecule has 3 aromatic rings. The van der Waals surface area contributed by atoms with Crippen molar-refractivity contribution in [3.05, 3.63) is 70.2 Å². The quantitative estimate of drug-likeness (QED) is 0.454. The van der Waals surface area contributed by atoms with Crippen molar-refractivity contribution >= 4 is 45.0 Å². The summed E-state index contributed by atoms with van der Waals surface area (Å²) < 4.78 is 27.3. The molecule has 0 unspecified atom stereocenters. The minimum atomic E-state index is -3.52. The van der Waals surface area contributed by atoms with Crippen molar-refractivity contribution in [2.24, 2.45) is 0 Å². The van der Waals surface area contributed by atoms with Crippen LogP contribution in [-0.2, 0) is 10.0 Å². The third kappa shape index (κ3) is 5.60. The number of aromatic nitrogens is 2. The van der Waals surface area contributed by atoms with Crippen LogP contribution in [0, 0.1) is 0 Å². The largest absolute Gasteiger partial charge is 0.352 e. The second-order valence-corrected chi connectivity index (χ2v) is 12.0. The van der Waals surface area contributed by atoms with E-state index >= 15 is 0 Å². The molecule has 2 aromatic carbocycles. The molecule has 37 heavy (non-hydrogen) atoms. The van der Waals surface area contributed by atoms with Crippen LogP contribution in [0.15, 0.2) is 59.5 Å². The summed E-state index contributed by atoms with van der Waals surface area (Å²) in [6.45, 7) is 3.38. The first-order valence-electron chi connectivity index (χ1n) is 12.3. The molecule has 0 bridgehead atoms. The van der Waals surface area contributed by atoms with Gasteiger partial charge in [-0.3, -0.25) is 4.79 Å². The molecule has 11 heteroatoms. The van der Waals surface area contributed by atoms with Gasteiger partial charge in [0, 0.05) is 55.4 Å². The third-order valence-electron chi connectivity index (χ3n) is 6.80. The molecule has 3 heterocycles. The number of rotatable bonds is 5. The molecule has 5 rings (SSSR count). The maximum Gasteiger partial charge on any atom is 0.253 e. The molecule has 0 spiro atoms. The molecule has 2 saturated heterocycles. The molecule has 2 aliphatic heterocycles. The van der Waals surface area contributed by atoms with Gasteiger partial charge in [0.25, 0.3) is 5.91 Å². The number of sulfonamides is 1. The van der Waals surface area contributed by atoms with E-state index < -0.39 is 10.0 Å². The lowest BCUT2D eigenvalue weighted by atomic mass is 10.1. The Morgan fingerprint density at radius 1 is 0.784 bits per heavy atom. The van der Waals surface area contributed by atoms with Crippen molar-refractivity contribution in [1.82, 2.24) is 19.4 Å². The van der Waals surface area contributed by atoms with Crippen molar-refractivity contribution in [2.45, 2.75) is 24.2 Å². The van der Waals surface area contributed by atoms with Gasteiger partial charge in [-0.25, -0.2) is 8.42 Å². The van der Waals surface area contributed by atoms with Gasteiger partial charge in [0.15, 0.2) is 5.82 Å². The van der Waals surface area contributed by atoms with E-state index in [1.807, 2.05) is 18.2 Å². The third-order valence-corrected chi connectivity index (χ3v) is 9.26. The molecular formula is C26H27Cl2N5O3S. The van der Waals surface area contributed by atoms with Gasteiger partial charge < -0.3 is 9.80 Å². The first-order chi connectivity index (χ1) is 17.8. The van der Waals surface area contributed by atoms with Crippen molar-refractivity contribution in [2.75, 3.05) is 44.2 Å². The Morgan fingerprint density at radius 3 is 2.11 bits per heavy atom. The van der Waals surface area contributed by atoms with Gasteiger partial charge in [-0.2, -0.15) is 4.31 Å². The second-order valence-electron chi connectivity index (χ2n) is 9.17. The van der Waals surface area contributed by atoms with Crippen molar-refractivity contribution in [1.29, 1.82) is 0 Å². The Labute approximate surface area is 226 Å². The molecule has 0 saturated carbocycles. The fraction of sp³-hybridized carbons (Fsp3) is 0.346. The number of piperazine rings is 1. The molecular weight excluding hydrogens is 533 g/mol. The molecule has 1 amide bonds. The monoisotopic (exact) mass is 559 g/mol. The van der Waals surface area contributed by atoms with Crippen molar-refractivity contribution < 1.29 is 13.2 Å². The van der Waals surface area contributed by atoms with Crippen LogP contribution in [0.5, 0.6) is 0 Å². The van der Waals surface area contributed by atoms with Gasteiger partial charge in [-0.05, 0) is 67.4 Å². The average molecular weight is 561 g/mol. The molecule has 194 valence electrons. The summed E-state index contributed by atoms with van der Waals surface area (Å²) in [6.07, 6.45) is 2.82. The lowest BCUT2D eigenvalue weighted by Crippen LogP contribution is -2.49. The van der Waals surface area contributed by atoms with E-state index in [0.29, 0.717) is 60.6 Å². The first-order valence-corrected chi connectivity index (χ1v) is 14.5. The summed E-state index contributed by atoms with van der Waals surface area (Å²) in [5, 5.41) is 9.76. The zero-order valence-electron chi connectivity index (χ0n) is 20.2. The van der Waals surface area contributed by atoms with E-state index in [2.05, 4.69) is 15.1 Å². The maximum atomic E-state index is 13.1. The molecule has 0 radical (unpaired) electrons. The topological polar surface area (TPSA) is 86.7 Å². The summed E-state index contributed by atoms with van der Waals surface area (Å²) >= 11 is 12.3. The number of hydrogen-bond acceptors (Lipinski definition) is 6. The smallest absolute Gasteiger partial charge is 0.253 e. The molecule has 0 aliphatic carbocycles. The fourth-order valence-corrected chi connectivity index (χ4v) is 6.70. The molecule has 2 aliphatic rings.